The van der Waals surface area contributed by atoms with Gasteiger partial charge in [0.15, 0.2) is 0 Å². The summed E-state index contributed by atoms with van der Waals surface area (Å²) in [7, 11) is 0. The van der Waals surface area contributed by atoms with Crippen LogP contribution in [0.25, 0.3) is 0 Å². The molecular weight excluding hydrogens is 307 g/mol. The predicted molar refractivity (Wildman–Crippen MR) is 87.7 cm³/mol. The fraction of sp³-hybridized carbons (Fsp3) is 0.250. The highest BCUT2D eigenvalue weighted by atomic mass is 35.5. The summed E-state index contributed by atoms with van der Waals surface area (Å²) >= 11 is 12.2. The maximum absolute atomic E-state index is 6.26. The lowest BCUT2D eigenvalue weighted by atomic mass is 10.2. The summed E-state index contributed by atoms with van der Waals surface area (Å²) in [5.41, 5.74) is 1.42. The largest absolute Gasteiger partial charge is 0.474 e. The first-order valence-corrected chi connectivity index (χ1v) is 7.46. The van der Waals surface area contributed by atoms with Crippen LogP contribution in [0.4, 0.5) is 5.69 Å². The van der Waals surface area contributed by atoms with Crippen molar-refractivity contribution in [2.75, 3.05) is 0 Å². The lowest BCUT2D eigenvalue weighted by molar-refractivity contribution is 0.205. The van der Waals surface area contributed by atoms with E-state index in [1.54, 1.807) is 24.5 Å². The van der Waals surface area contributed by atoms with E-state index in [0.717, 1.165) is 6.42 Å². The molecule has 0 N–H and O–H groups in total. The van der Waals surface area contributed by atoms with Gasteiger partial charge in [0.2, 0.25) is 5.90 Å². The Balaban J connectivity index is 2.43. The van der Waals surface area contributed by atoms with E-state index in [1.807, 2.05) is 25.1 Å². The zero-order chi connectivity index (χ0) is 15.2. The van der Waals surface area contributed by atoms with Crippen LogP contribution < -0.4 is 0 Å². The van der Waals surface area contributed by atoms with Crippen LogP contribution in [0.5, 0.6) is 0 Å². The van der Waals surface area contributed by atoms with Crippen molar-refractivity contribution in [2.45, 2.75) is 26.4 Å². The normalized spacial score (nSPS) is 13.0. The molecule has 110 valence electrons. The molecule has 1 aromatic heterocycles. The molecule has 5 heteroatoms. The molecule has 0 saturated carbocycles. The molecule has 2 rings (SSSR count). The molecule has 0 bridgehead atoms. The SMILES string of the molecule is CC[C@@H](C)OC(=Nc1cccnc1)c1ccc(Cl)cc1Cl. The molecule has 0 unspecified atom stereocenters. The minimum absolute atomic E-state index is 0.0344. The number of benzene rings is 1. The van der Waals surface area contributed by atoms with Crippen molar-refractivity contribution >= 4 is 34.8 Å². The van der Waals surface area contributed by atoms with Crippen LogP contribution in [0, 0.1) is 0 Å². The molecule has 0 aliphatic heterocycles. The number of nitrogens with zero attached hydrogens (tertiary/aromatic N) is 2. The van der Waals surface area contributed by atoms with E-state index in [4.69, 9.17) is 27.9 Å². The second-order valence-corrected chi connectivity index (χ2v) is 5.43. The molecule has 1 heterocycles. The average molecular weight is 323 g/mol. The molecule has 3 nitrogen and oxygen atoms in total. The fourth-order valence-electron chi connectivity index (χ4n) is 1.62. The smallest absolute Gasteiger partial charge is 0.223 e. The summed E-state index contributed by atoms with van der Waals surface area (Å²) in [5.74, 6) is 0.471. The molecule has 0 amide bonds. The molecule has 21 heavy (non-hydrogen) atoms. The number of rotatable bonds is 4. The Labute approximate surface area is 134 Å². The van der Waals surface area contributed by atoms with Gasteiger partial charge in [-0.1, -0.05) is 30.1 Å². The van der Waals surface area contributed by atoms with E-state index in [1.165, 1.54) is 0 Å². The van der Waals surface area contributed by atoms with E-state index in [2.05, 4.69) is 16.9 Å². The van der Waals surface area contributed by atoms with Crippen molar-refractivity contribution in [3.05, 3.63) is 58.3 Å². The van der Waals surface area contributed by atoms with E-state index >= 15 is 0 Å². The van der Waals surface area contributed by atoms with Gasteiger partial charge >= 0.3 is 0 Å². The fourth-order valence-corrected chi connectivity index (χ4v) is 2.11. The number of aromatic nitrogens is 1. The minimum Gasteiger partial charge on any atom is -0.474 e. The Morgan fingerprint density at radius 1 is 1.33 bits per heavy atom. The zero-order valence-electron chi connectivity index (χ0n) is 11.9. The van der Waals surface area contributed by atoms with Gasteiger partial charge in [0.1, 0.15) is 0 Å². The molecule has 0 saturated heterocycles. The van der Waals surface area contributed by atoms with Gasteiger partial charge in [0.25, 0.3) is 0 Å². The highest BCUT2D eigenvalue weighted by molar-refractivity contribution is 6.36. The van der Waals surface area contributed by atoms with Crippen molar-refractivity contribution in [2.24, 2.45) is 4.99 Å². The van der Waals surface area contributed by atoms with Crippen molar-refractivity contribution in [1.82, 2.24) is 4.98 Å². The van der Waals surface area contributed by atoms with Gasteiger partial charge < -0.3 is 4.74 Å². The topological polar surface area (TPSA) is 34.5 Å². The number of halogens is 2. The monoisotopic (exact) mass is 322 g/mol. The summed E-state index contributed by atoms with van der Waals surface area (Å²) in [6.45, 7) is 4.04. The van der Waals surface area contributed by atoms with Crippen LogP contribution in [-0.2, 0) is 4.74 Å². The first-order chi connectivity index (χ1) is 10.1. The van der Waals surface area contributed by atoms with Gasteiger partial charge in [-0.25, -0.2) is 4.99 Å². The van der Waals surface area contributed by atoms with E-state index in [-0.39, 0.29) is 6.10 Å². The highest BCUT2D eigenvalue weighted by Gasteiger charge is 2.13. The summed E-state index contributed by atoms with van der Waals surface area (Å²) < 4.78 is 5.90. The van der Waals surface area contributed by atoms with E-state index in [9.17, 15) is 0 Å². The van der Waals surface area contributed by atoms with Crippen molar-refractivity contribution < 1.29 is 4.74 Å². The molecule has 1 atom stereocenters. The number of ether oxygens (including phenoxy) is 1. The quantitative estimate of drug-likeness (QED) is 0.566. The van der Waals surface area contributed by atoms with Crippen molar-refractivity contribution in [3.8, 4) is 0 Å². The molecular formula is C16H16Cl2N2O. The Morgan fingerprint density at radius 3 is 2.76 bits per heavy atom. The zero-order valence-corrected chi connectivity index (χ0v) is 13.4. The molecule has 0 aliphatic carbocycles. The first-order valence-electron chi connectivity index (χ1n) is 6.71. The molecule has 0 fully saturated rings. The molecule has 2 aromatic rings. The lowest BCUT2D eigenvalue weighted by Gasteiger charge is -2.16. The van der Waals surface area contributed by atoms with Gasteiger partial charge in [-0.3, -0.25) is 4.98 Å². The van der Waals surface area contributed by atoms with Crippen molar-refractivity contribution in [1.29, 1.82) is 0 Å². The maximum atomic E-state index is 6.26. The Kier molecular flexibility index (Phi) is 5.59. The molecule has 1 aromatic carbocycles. The van der Waals surface area contributed by atoms with Crippen LogP contribution in [0.2, 0.25) is 10.0 Å². The summed E-state index contributed by atoms with van der Waals surface area (Å²) in [5, 5.41) is 1.08. The second-order valence-electron chi connectivity index (χ2n) is 4.59. The van der Waals surface area contributed by atoms with Gasteiger partial charge in [-0.15, -0.1) is 0 Å². The van der Waals surface area contributed by atoms with Crippen LogP contribution in [0.15, 0.2) is 47.7 Å². The number of pyridine rings is 1. The number of aliphatic imine (C=N–C) groups is 1. The molecule has 0 aliphatic rings. The third kappa shape index (κ3) is 4.45. The van der Waals surface area contributed by atoms with Crippen molar-refractivity contribution in [3.63, 3.8) is 0 Å². The number of hydrogen-bond donors (Lipinski definition) is 0. The summed E-state index contributed by atoms with van der Waals surface area (Å²) in [4.78, 5) is 8.56. The summed E-state index contributed by atoms with van der Waals surface area (Å²) in [6.07, 6.45) is 4.28. The third-order valence-electron chi connectivity index (χ3n) is 2.93. The Hall–Kier alpha value is -1.58. The molecule has 0 radical (unpaired) electrons. The second kappa shape index (κ2) is 7.43. The van der Waals surface area contributed by atoms with Crippen LogP contribution >= 0.6 is 23.2 Å². The Morgan fingerprint density at radius 2 is 2.14 bits per heavy atom. The van der Waals surface area contributed by atoms with E-state index < -0.39 is 0 Å². The molecule has 0 spiro atoms. The number of hydrogen-bond acceptors (Lipinski definition) is 3. The van der Waals surface area contributed by atoms with Crippen LogP contribution in [0.3, 0.4) is 0 Å². The maximum Gasteiger partial charge on any atom is 0.223 e. The van der Waals surface area contributed by atoms with Crippen LogP contribution in [0.1, 0.15) is 25.8 Å². The minimum atomic E-state index is 0.0344. The van der Waals surface area contributed by atoms with Crippen LogP contribution in [-0.4, -0.2) is 17.0 Å². The summed E-state index contributed by atoms with van der Waals surface area (Å²) in [6, 6.07) is 8.93. The predicted octanol–water partition coefficient (Wildman–Crippen LogP) is 5.28. The van der Waals surface area contributed by atoms with E-state index in [0.29, 0.717) is 27.2 Å². The Bertz CT molecular complexity index is 629. The average Bonchev–Trinajstić information content (AvgIpc) is 2.47. The highest BCUT2D eigenvalue weighted by Crippen LogP contribution is 2.24. The lowest BCUT2D eigenvalue weighted by Crippen LogP contribution is -2.15. The van der Waals surface area contributed by atoms with Gasteiger partial charge in [0, 0.05) is 11.2 Å². The standard InChI is InChI=1S/C16H16Cl2N2O/c1-3-11(2)21-16(20-13-5-4-8-19-10-13)14-7-6-12(17)9-15(14)18/h4-11H,3H2,1-2H3/t11-/m1/s1. The first kappa shape index (κ1) is 15.8. The van der Waals surface area contributed by atoms with Gasteiger partial charge in [0.05, 0.1) is 28.6 Å². The van der Waals surface area contributed by atoms with Gasteiger partial charge in [-0.2, -0.15) is 0 Å². The third-order valence-corrected chi connectivity index (χ3v) is 3.47. The van der Waals surface area contributed by atoms with Gasteiger partial charge in [-0.05, 0) is 43.7 Å².